The van der Waals surface area contributed by atoms with Gasteiger partial charge in [0.15, 0.2) is 11.6 Å². The van der Waals surface area contributed by atoms with E-state index < -0.39 is 0 Å². The molecule has 0 atom stereocenters. The summed E-state index contributed by atoms with van der Waals surface area (Å²) in [4.78, 5) is 1.98. The van der Waals surface area contributed by atoms with Crippen molar-refractivity contribution < 1.29 is 9.52 Å². The van der Waals surface area contributed by atoms with E-state index >= 15 is 0 Å². The first-order chi connectivity index (χ1) is 5.59. The summed E-state index contributed by atoms with van der Waals surface area (Å²) in [5, 5.41) is 9.02. The Bertz CT molecular complexity index is 242. The van der Waals surface area contributed by atoms with Crippen molar-refractivity contribution in [3.63, 3.8) is 0 Å². The molecule has 68 valence electrons. The molecule has 1 aromatic rings. The quantitative estimate of drug-likeness (QED) is 0.752. The number of hydrogen-bond acceptors (Lipinski definition) is 3. The number of nitrogens with zero attached hydrogens (tertiary/aromatic N) is 1. The van der Waals surface area contributed by atoms with Gasteiger partial charge in [0.2, 0.25) is 0 Å². The van der Waals surface area contributed by atoms with Gasteiger partial charge in [0.05, 0.1) is 0 Å². The van der Waals surface area contributed by atoms with Gasteiger partial charge in [0, 0.05) is 19.7 Å². The van der Waals surface area contributed by atoms with E-state index in [1.54, 1.807) is 6.07 Å². The van der Waals surface area contributed by atoms with E-state index in [1.807, 2.05) is 11.9 Å². The van der Waals surface area contributed by atoms with Gasteiger partial charge in [-0.25, -0.2) is 0 Å². The van der Waals surface area contributed by atoms with Crippen molar-refractivity contribution in [2.24, 2.45) is 5.92 Å². The smallest absolute Gasteiger partial charge is 0.198 e. The largest absolute Gasteiger partial charge is 0.505 e. The summed E-state index contributed by atoms with van der Waals surface area (Å²) >= 11 is 0. The van der Waals surface area contributed by atoms with E-state index in [-0.39, 0.29) is 5.75 Å². The first-order valence-electron chi connectivity index (χ1n) is 4.08. The third kappa shape index (κ3) is 2.19. The van der Waals surface area contributed by atoms with E-state index in [2.05, 4.69) is 13.8 Å². The van der Waals surface area contributed by atoms with Crippen LogP contribution in [0, 0.1) is 5.92 Å². The Labute approximate surface area is 72.6 Å². The van der Waals surface area contributed by atoms with Crippen molar-refractivity contribution in [1.29, 1.82) is 0 Å². The number of furan rings is 1. The van der Waals surface area contributed by atoms with Crippen molar-refractivity contribution in [1.82, 2.24) is 0 Å². The van der Waals surface area contributed by atoms with Gasteiger partial charge < -0.3 is 14.4 Å². The van der Waals surface area contributed by atoms with Crippen LogP contribution in [-0.2, 0) is 0 Å². The van der Waals surface area contributed by atoms with Crippen molar-refractivity contribution >= 4 is 5.88 Å². The minimum atomic E-state index is 0.181. The molecule has 0 aliphatic rings. The van der Waals surface area contributed by atoms with Crippen LogP contribution in [0.3, 0.4) is 0 Å². The molecule has 0 aromatic carbocycles. The molecule has 0 aliphatic carbocycles. The zero-order chi connectivity index (χ0) is 9.14. The molecular formula is C9H15NO2. The Kier molecular flexibility index (Phi) is 2.63. The molecule has 1 N–H and O–H groups in total. The van der Waals surface area contributed by atoms with Crippen LogP contribution < -0.4 is 4.90 Å². The van der Waals surface area contributed by atoms with Gasteiger partial charge in [0.1, 0.15) is 6.26 Å². The third-order valence-corrected chi connectivity index (χ3v) is 1.59. The lowest BCUT2D eigenvalue weighted by atomic mass is 10.2. The number of hydrogen-bond donors (Lipinski definition) is 1. The Morgan fingerprint density at radius 3 is 2.67 bits per heavy atom. The fraction of sp³-hybridized carbons (Fsp3) is 0.556. The SMILES string of the molecule is CC(C)CN(C)c1cc(O)co1. The molecule has 0 radical (unpaired) electrons. The molecular weight excluding hydrogens is 154 g/mol. The summed E-state index contributed by atoms with van der Waals surface area (Å²) in [7, 11) is 1.94. The van der Waals surface area contributed by atoms with Gasteiger partial charge in [-0.05, 0) is 5.92 Å². The summed E-state index contributed by atoms with van der Waals surface area (Å²) in [6, 6.07) is 1.61. The highest BCUT2D eigenvalue weighted by molar-refractivity contribution is 5.39. The predicted molar refractivity (Wildman–Crippen MR) is 48.5 cm³/mol. The summed E-state index contributed by atoms with van der Waals surface area (Å²) < 4.78 is 5.10. The van der Waals surface area contributed by atoms with Crippen LogP contribution in [0.15, 0.2) is 16.7 Å². The molecule has 0 saturated heterocycles. The molecule has 1 rings (SSSR count). The van der Waals surface area contributed by atoms with E-state index in [0.29, 0.717) is 11.8 Å². The lowest BCUT2D eigenvalue weighted by molar-refractivity contribution is 0.457. The van der Waals surface area contributed by atoms with Crippen LogP contribution in [0.5, 0.6) is 5.75 Å². The van der Waals surface area contributed by atoms with Crippen molar-refractivity contribution in [3.8, 4) is 5.75 Å². The Morgan fingerprint density at radius 2 is 2.25 bits per heavy atom. The molecule has 0 amide bonds. The average molecular weight is 169 g/mol. The molecule has 1 aromatic heterocycles. The van der Waals surface area contributed by atoms with Crippen molar-refractivity contribution in [2.45, 2.75) is 13.8 Å². The fourth-order valence-corrected chi connectivity index (χ4v) is 1.15. The molecule has 0 bridgehead atoms. The lowest BCUT2D eigenvalue weighted by Gasteiger charge is -2.17. The second-order valence-corrected chi connectivity index (χ2v) is 3.42. The van der Waals surface area contributed by atoms with Crippen molar-refractivity contribution in [3.05, 3.63) is 12.3 Å². The minimum absolute atomic E-state index is 0.181. The minimum Gasteiger partial charge on any atom is -0.505 e. The van der Waals surface area contributed by atoms with Crippen LogP contribution in [0.4, 0.5) is 5.88 Å². The Morgan fingerprint density at radius 1 is 1.58 bits per heavy atom. The van der Waals surface area contributed by atoms with Crippen LogP contribution >= 0.6 is 0 Å². The van der Waals surface area contributed by atoms with Gasteiger partial charge in [0.25, 0.3) is 0 Å². The zero-order valence-corrected chi connectivity index (χ0v) is 7.74. The highest BCUT2D eigenvalue weighted by atomic mass is 16.4. The molecule has 0 spiro atoms. The zero-order valence-electron chi connectivity index (χ0n) is 7.74. The van der Waals surface area contributed by atoms with E-state index in [9.17, 15) is 0 Å². The van der Waals surface area contributed by atoms with Gasteiger partial charge >= 0.3 is 0 Å². The van der Waals surface area contributed by atoms with Crippen molar-refractivity contribution in [2.75, 3.05) is 18.5 Å². The summed E-state index contributed by atoms with van der Waals surface area (Å²) in [5.41, 5.74) is 0. The average Bonchev–Trinajstić information content (AvgIpc) is 2.34. The number of rotatable bonds is 3. The molecule has 0 aliphatic heterocycles. The van der Waals surface area contributed by atoms with E-state index in [0.717, 1.165) is 6.54 Å². The number of aromatic hydroxyl groups is 1. The summed E-state index contributed by atoms with van der Waals surface area (Å²) in [5.74, 6) is 1.48. The molecule has 12 heavy (non-hydrogen) atoms. The standard InChI is InChI=1S/C9H15NO2/c1-7(2)5-10(3)9-4-8(11)6-12-9/h4,6-7,11H,5H2,1-3H3. The molecule has 0 saturated carbocycles. The highest BCUT2D eigenvalue weighted by Gasteiger charge is 2.07. The van der Waals surface area contributed by atoms with Gasteiger partial charge in [-0.2, -0.15) is 0 Å². The summed E-state index contributed by atoms with van der Waals surface area (Å²) in [6.07, 6.45) is 1.34. The Hall–Kier alpha value is -1.12. The number of anilines is 1. The maximum atomic E-state index is 9.02. The van der Waals surface area contributed by atoms with Crippen LogP contribution in [0.2, 0.25) is 0 Å². The molecule has 0 unspecified atom stereocenters. The lowest BCUT2D eigenvalue weighted by Crippen LogP contribution is -2.21. The normalized spacial score (nSPS) is 10.7. The topological polar surface area (TPSA) is 36.6 Å². The molecule has 0 fully saturated rings. The molecule has 1 heterocycles. The predicted octanol–water partition coefficient (Wildman–Crippen LogP) is 2.08. The van der Waals surface area contributed by atoms with Gasteiger partial charge in [-0.1, -0.05) is 13.8 Å². The summed E-state index contributed by atoms with van der Waals surface area (Å²) in [6.45, 7) is 5.20. The maximum absolute atomic E-state index is 9.02. The van der Waals surface area contributed by atoms with E-state index in [4.69, 9.17) is 9.52 Å². The fourth-order valence-electron chi connectivity index (χ4n) is 1.15. The van der Waals surface area contributed by atoms with Crippen LogP contribution in [-0.4, -0.2) is 18.7 Å². The van der Waals surface area contributed by atoms with Gasteiger partial charge in [-0.3, -0.25) is 0 Å². The maximum Gasteiger partial charge on any atom is 0.198 e. The third-order valence-electron chi connectivity index (χ3n) is 1.59. The van der Waals surface area contributed by atoms with Crippen LogP contribution in [0.25, 0.3) is 0 Å². The molecule has 3 heteroatoms. The monoisotopic (exact) mass is 169 g/mol. The Balaban J connectivity index is 2.58. The second kappa shape index (κ2) is 3.52. The first kappa shape index (κ1) is 8.97. The first-order valence-corrected chi connectivity index (χ1v) is 4.08. The second-order valence-electron chi connectivity index (χ2n) is 3.42. The van der Waals surface area contributed by atoms with Gasteiger partial charge in [-0.15, -0.1) is 0 Å². The molecule has 3 nitrogen and oxygen atoms in total. The van der Waals surface area contributed by atoms with E-state index in [1.165, 1.54) is 6.26 Å². The van der Waals surface area contributed by atoms with Crippen LogP contribution in [0.1, 0.15) is 13.8 Å². The highest BCUT2D eigenvalue weighted by Crippen LogP contribution is 2.21.